The smallest absolute Gasteiger partial charge is 0.0236 e. The van der Waals surface area contributed by atoms with Crippen molar-refractivity contribution < 1.29 is 0 Å². The maximum Gasteiger partial charge on any atom is 0.0236 e. The molecule has 1 heterocycles. The number of rotatable bonds is 5. The fourth-order valence-corrected chi connectivity index (χ4v) is 2.99. The van der Waals surface area contributed by atoms with Crippen LogP contribution in [0.15, 0.2) is 30.3 Å². The summed E-state index contributed by atoms with van der Waals surface area (Å²) in [6, 6.07) is 11.7. The molecular formula is C16H25N. The highest BCUT2D eigenvalue weighted by molar-refractivity contribution is 5.14. The van der Waals surface area contributed by atoms with Crippen molar-refractivity contribution in [1.29, 1.82) is 0 Å². The third-order valence-corrected chi connectivity index (χ3v) is 3.86. The monoisotopic (exact) mass is 231 g/mol. The largest absolute Gasteiger partial charge is 0.296 e. The summed E-state index contributed by atoms with van der Waals surface area (Å²) < 4.78 is 0. The van der Waals surface area contributed by atoms with Crippen LogP contribution in [0.25, 0.3) is 0 Å². The molecular weight excluding hydrogens is 206 g/mol. The summed E-state index contributed by atoms with van der Waals surface area (Å²) in [4.78, 5) is 2.69. The Morgan fingerprint density at radius 3 is 2.71 bits per heavy atom. The molecule has 94 valence electrons. The molecule has 1 nitrogen and oxygen atoms in total. The van der Waals surface area contributed by atoms with Gasteiger partial charge in [0.1, 0.15) is 0 Å². The van der Waals surface area contributed by atoms with E-state index in [4.69, 9.17) is 0 Å². The Labute approximate surface area is 106 Å². The number of benzene rings is 1. The molecule has 1 fully saturated rings. The fraction of sp³-hybridized carbons (Fsp3) is 0.625. The van der Waals surface area contributed by atoms with Gasteiger partial charge in [-0.05, 0) is 24.3 Å². The second kappa shape index (κ2) is 6.20. The lowest BCUT2D eigenvalue weighted by molar-refractivity contribution is 0.229. The van der Waals surface area contributed by atoms with Crippen molar-refractivity contribution in [3.8, 4) is 0 Å². The molecule has 1 aliphatic heterocycles. The topological polar surface area (TPSA) is 3.24 Å². The molecule has 1 aromatic carbocycles. The molecule has 1 aliphatic rings. The van der Waals surface area contributed by atoms with Gasteiger partial charge in [-0.1, -0.05) is 57.0 Å². The molecule has 0 aromatic heterocycles. The summed E-state index contributed by atoms with van der Waals surface area (Å²) in [5.74, 6) is 0.876. The Balaban J connectivity index is 1.93. The van der Waals surface area contributed by atoms with E-state index in [0.717, 1.165) is 18.5 Å². The quantitative estimate of drug-likeness (QED) is 0.738. The maximum atomic E-state index is 2.69. The first kappa shape index (κ1) is 12.6. The van der Waals surface area contributed by atoms with Crippen LogP contribution in [-0.4, -0.2) is 17.5 Å². The summed E-state index contributed by atoms with van der Waals surface area (Å²) in [5, 5.41) is 0. The van der Waals surface area contributed by atoms with Crippen molar-refractivity contribution in [3.63, 3.8) is 0 Å². The summed E-state index contributed by atoms with van der Waals surface area (Å²) in [6.45, 7) is 7.10. The number of nitrogens with zero attached hydrogens (tertiary/aromatic N) is 1. The molecule has 17 heavy (non-hydrogen) atoms. The maximum absolute atomic E-state index is 2.69. The highest BCUT2D eigenvalue weighted by atomic mass is 15.2. The molecule has 1 heteroatoms. The zero-order valence-electron chi connectivity index (χ0n) is 11.2. The predicted molar refractivity (Wildman–Crippen MR) is 73.9 cm³/mol. The molecule has 1 saturated heterocycles. The summed E-state index contributed by atoms with van der Waals surface area (Å²) in [7, 11) is 0. The van der Waals surface area contributed by atoms with E-state index in [2.05, 4.69) is 49.1 Å². The fourth-order valence-electron chi connectivity index (χ4n) is 2.99. The average molecular weight is 231 g/mol. The van der Waals surface area contributed by atoms with E-state index < -0.39 is 0 Å². The highest BCUT2D eigenvalue weighted by Gasteiger charge is 2.28. The summed E-state index contributed by atoms with van der Waals surface area (Å²) in [5.41, 5.74) is 1.46. The second-order valence-electron chi connectivity index (χ2n) is 5.55. The minimum Gasteiger partial charge on any atom is -0.296 e. The van der Waals surface area contributed by atoms with Gasteiger partial charge in [-0.25, -0.2) is 0 Å². The standard InChI is InChI=1S/C16H25N/c1-3-4-10-16-11-14(2)12-17(16)13-15-8-6-5-7-9-15/h5-9,14,16H,3-4,10-13H2,1-2H3/t14-,16-/m1/s1. The van der Waals surface area contributed by atoms with Crippen LogP contribution in [0.2, 0.25) is 0 Å². The van der Waals surface area contributed by atoms with E-state index in [1.807, 2.05) is 0 Å². The van der Waals surface area contributed by atoms with Gasteiger partial charge in [0.15, 0.2) is 0 Å². The van der Waals surface area contributed by atoms with Crippen molar-refractivity contribution >= 4 is 0 Å². The van der Waals surface area contributed by atoms with E-state index in [9.17, 15) is 0 Å². The van der Waals surface area contributed by atoms with Crippen molar-refractivity contribution in [2.75, 3.05) is 6.54 Å². The Hall–Kier alpha value is -0.820. The van der Waals surface area contributed by atoms with Gasteiger partial charge in [-0.3, -0.25) is 4.90 Å². The van der Waals surface area contributed by atoms with E-state index >= 15 is 0 Å². The van der Waals surface area contributed by atoms with Crippen molar-refractivity contribution in [2.45, 2.75) is 52.1 Å². The molecule has 0 N–H and O–H groups in total. The first-order chi connectivity index (χ1) is 8.29. The van der Waals surface area contributed by atoms with Crippen LogP contribution >= 0.6 is 0 Å². The average Bonchev–Trinajstić information content (AvgIpc) is 2.68. The normalized spacial score (nSPS) is 25.3. The van der Waals surface area contributed by atoms with Crippen LogP contribution in [0.4, 0.5) is 0 Å². The second-order valence-corrected chi connectivity index (χ2v) is 5.55. The van der Waals surface area contributed by atoms with E-state index in [1.54, 1.807) is 0 Å². The zero-order valence-corrected chi connectivity index (χ0v) is 11.2. The van der Waals surface area contributed by atoms with Crippen molar-refractivity contribution in [2.24, 2.45) is 5.92 Å². The lowest BCUT2D eigenvalue weighted by Crippen LogP contribution is -2.28. The van der Waals surface area contributed by atoms with Gasteiger partial charge in [0, 0.05) is 19.1 Å². The number of unbranched alkanes of at least 4 members (excludes halogenated alkanes) is 1. The van der Waals surface area contributed by atoms with Crippen LogP contribution in [0.1, 0.15) is 45.1 Å². The number of hydrogen-bond acceptors (Lipinski definition) is 1. The zero-order chi connectivity index (χ0) is 12.1. The van der Waals surface area contributed by atoms with Gasteiger partial charge in [0.05, 0.1) is 0 Å². The van der Waals surface area contributed by atoms with Crippen molar-refractivity contribution in [3.05, 3.63) is 35.9 Å². The van der Waals surface area contributed by atoms with Crippen LogP contribution in [-0.2, 0) is 6.54 Å². The molecule has 0 bridgehead atoms. The minimum atomic E-state index is 0.824. The molecule has 0 saturated carbocycles. The van der Waals surface area contributed by atoms with E-state index in [0.29, 0.717) is 0 Å². The third kappa shape index (κ3) is 3.57. The first-order valence-corrected chi connectivity index (χ1v) is 7.07. The van der Waals surface area contributed by atoms with Crippen LogP contribution in [0.5, 0.6) is 0 Å². The van der Waals surface area contributed by atoms with Gasteiger partial charge in [0.25, 0.3) is 0 Å². The predicted octanol–water partition coefficient (Wildman–Crippen LogP) is 4.09. The molecule has 0 amide bonds. The Bertz CT molecular complexity index is 320. The van der Waals surface area contributed by atoms with Gasteiger partial charge < -0.3 is 0 Å². The SMILES string of the molecule is CCCC[C@@H]1C[C@@H](C)CN1Cc1ccccc1. The summed E-state index contributed by atoms with van der Waals surface area (Å²) >= 11 is 0. The Kier molecular flexibility index (Phi) is 4.61. The van der Waals surface area contributed by atoms with Gasteiger partial charge in [-0.15, -0.1) is 0 Å². The molecule has 0 aliphatic carbocycles. The molecule has 2 rings (SSSR count). The molecule has 0 unspecified atom stereocenters. The molecule has 0 radical (unpaired) electrons. The van der Waals surface area contributed by atoms with Gasteiger partial charge in [0.2, 0.25) is 0 Å². The Morgan fingerprint density at radius 2 is 2.00 bits per heavy atom. The third-order valence-electron chi connectivity index (χ3n) is 3.86. The van der Waals surface area contributed by atoms with Crippen LogP contribution < -0.4 is 0 Å². The molecule has 1 aromatic rings. The summed E-state index contributed by atoms with van der Waals surface area (Å²) in [6.07, 6.45) is 5.48. The number of likely N-dealkylation sites (tertiary alicyclic amines) is 1. The molecule has 2 atom stereocenters. The highest BCUT2D eigenvalue weighted by Crippen LogP contribution is 2.27. The molecule has 0 spiro atoms. The van der Waals surface area contributed by atoms with Gasteiger partial charge >= 0.3 is 0 Å². The van der Waals surface area contributed by atoms with E-state index in [1.165, 1.54) is 37.8 Å². The van der Waals surface area contributed by atoms with Crippen molar-refractivity contribution in [1.82, 2.24) is 4.90 Å². The van der Waals surface area contributed by atoms with E-state index in [-0.39, 0.29) is 0 Å². The van der Waals surface area contributed by atoms with Crippen LogP contribution in [0.3, 0.4) is 0 Å². The lowest BCUT2D eigenvalue weighted by atomic mass is 10.0. The minimum absolute atomic E-state index is 0.824. The van der Waals surface area contributed by atoms with Crippen LogP contribution in [0, 0.1) is 5.92 Å². The first-order valence-electron chi connectivity index (χ1n) is 7.07. The Morgan fingerprint density at radius 1 is 1.24 bits per heavy atom. The van der Waals surface area contributed by atoms with Gasteiger partial charge in [-0.2, -0.15) is 0 Å². The lowest BCUT2D eigenvalue weighted by Gasteiger charge is -2.24. The number of hydrogen-bond donors (Lipinski definition) is 0.